The zero-order valence-electron chi connectivity index (χ0n) is 6.12. The van der Waals surface area contributed by atoms with Gasteiger partial charge in [-0.2, -0.15) is 0 Å². The van der Waals surface area contributed by atoms with Crippen molar-refractivity contribution in [1.29, 1.82) is 0 Å². The van der Waals surface area contributed by atoms with E-state index < -0.39 is 0 Å². The average molecular weight is 142 g/mol. The minimum Gasteiger partial charge on any atom is -0.396 e. The van der Waals surface area contributed by atoms with Gasteiger partial charge in [-0.1, -0.05) is 6.08 Å². The summed E-state index contributed by atoms with van der Waals surface area (Å²) in [5.41, 5.74) is 0. The molecule has 2 atom stereocenters. The lowest BCUT2D eigenvalue weighted by Gasteiger charge is -2.27. The van der Waals surface area contributed by atoms with E-state index >= 15 is 0 Å². The second kappa shape index (κ2) is 3.74. The van der Waals surface area contributed by atoms with Crippen molar-refractivity contribution in [2.45, 2.75) is 6.42 Å². The molecule has 1 saturated heterocycles. The van der Waals surface area contributed by atoms with Crippen LogP contribution < -0.4 is 0 Å². The zero-order valence-corrected chi connectivity index (χ0v) is 6.12. The van der Waals surface area contributed by atoms with Crippen molar-refractivity contribution < 1.29 is 9.84 Å². The molecule has 0 aromatic carbocycles. The van der Waals surface area contributed by atoms with Gasteiger partial charge >= 0.3 is 0 Å². The highest BCUT2D eigenvalue weighted by atomic mass is 16.5. The molecule has 58 valence electrons. The highest BCUT2D eigenvalue weighted by molar-refractivity contribution is 4.86. The predicted molar refractivity (Wildman–Crippen MR) is 39.7 cm³/mol. The zero-order chi connectivity index (χ0) is 7.40. The van der Waals surface area contributed by atoms with Crippen LogP contribution in [0.1, 0.15) is 6.42 Å². The molecule has 0 aromatic rings. The fourth-order valence-electron chi connectivity index (χ4n) is 1.29. The van der Waals surface area contributed by atoms with Gasteiger partial charge in [0.1, 0.15) is 0 Å². The molecule has 10 heavy (non-hydrogen) atoms. The molecule has 0 amide bonds. The normalized spacial score (nSPS) is 33.7. The van der Waals surface area contributed by atoms with Crippen LogP contribution in [0.25, 0.3) is 0 Å². The lowest BCUT2D eigenvalue weighted by molar-refractivity contribution is 0.0149. The molecule has 2 unspecified atom stereocenters. The Kier molecular flexibility index (Phi) is 2.90. The van der Waals surface area contributed by atoms with Crippen molar-refractivity contribution in [1.82, 2.24) is 0 Å². The second-order valence-electron chi connectivity index (χ2n) is 2.71. The van der Waals surface area contributed by atoms with Gasteiger partial charge < -0.3 is 9.84 Å². The molecule has 0 bridgehead atoms. The summed E-state index contributed by atoms with van der Waals surface area (Å²) in [5.74, 6) is 0.741. The van der Waals surface area contributed by atoms with Gasteiger partial charge in [-0.05, 0) is 12.3 Å². The number of rotatable bonds is 2. The molecule has 2 heteroatoms. The number of hydrogen-bond acceptors (Lipinski definition) is 2. The molecule has 1 aliphatic rings. The van der Waals surface area contributed by atoms with Gasteiger partial charge in [-0.25, -0.2) is 0 Å². The SMILES string of the molecule is C=CC1COCCC1CO. The average Bonchev–Trinajstić information content (AvgIpc) is 2.04. The van der Waals surface area contributed by atoms with Gasteiger partial charge in [0.25, 0.3) is 0 Å². The lowest BCUT2D eigenvalue weighted by atomic mass is 9.89. The van der Waals surface area contributed by atoms with Crippen LogP contribution in [0.4, 0.5) is 0 Å². The van der Waals surface area contributed by atoms with Crippen LogP contribution in [-0.4, -0.2) is 24.9 Å². The Morgan fingerprint density at radius 1 is 1.70 bits per heavy atom. The third-order valence-corrected chi connectivity index (χ3v) is 2.09. The number of ether oxygens (including phenoxy) is 1. The van der Waals surface area contributed by atoms with Crippen LogP contribution in [0.2, 0.25) is 0 Å². The van der Waals surface area contributed by atoms with Crippen molar-refractivity contribution in [3.63, 3.8) is 0 Å². The van der Waals surface area contributed by atoms with E-state index in [1.54, 1.807) is 0 Å². The van der Waals surface area contributed by atoms with Crippen molar-refractivity contribution in [3.05, 3.63) is 12.7 Å². The van der Waals surface area contributed by atoms with Crippen LogP contribution in [0, 0.1) is 11.8 Å². The Labute approximate surface area is 61.5 Å². The van der Waals surface area contributed by atoms with Crippen molar-refractivity contribution in [2.24, 2.45) is 11.8 Å². The second-order valence-corrected chi connectivity index (χ2v) is 2.71. The first kappa shape index (κ1) is 7.76. The van der Waals surface area contributed by atoms with E-state index in [1.165, 1.54) is 0 Å². The van der Waals surface area contributed by atoms with Gasteiger partial charge in [0.2, 0.25) is 0 Å². The van der Waals surface area contributed by atoms with Crippen LogP contribution in [0.3, 0.4) is 0 Å². The first-order chi connectivity index (χ1) is 4.88. The summed E-state index contributed by atoms with van der Waals surface area (Å²) in [6, 6.07) is 0. The van der Waals surface area contributed by atoms with Crippen LogP contribution in [-0.2, 0) is 4.74 Å². The standard InChI is InChI=1S/C8H14O2/c1-2-7-6-10-4-3-8(7)5-9/h2,7-9H,1,3-6H2. The first-order valence-electron chi connectivity index (χ1n) is 3.69. The molecule has 2 nitrogen and oxygen atoms in total. The molecular weight excluding hydrogens is 128 g/mol. The third kappa shape index (κ3) is 1.58. The Morgan fingerprint density at radius 2 is 2.50 bits per heavy atom. The summed E-state index contributed by atoms with van der Waals surface area (Å²) in [7, 11) is 0. The quantitative estimate of drug-likeness (QED) is 0.578. The predicted octanol–water partition coefficient (Wildman–Crippen LogP) is 0.817. The highest BCUT2D eigenvalue weighted by Crippen LogP contribution is 2.21. The van der Waals surface area contributed by atoms with Crippen molar-refractivity contribution in [3.8, 4) is 0 Å². The van der Waals surface area contributed by atoms with Gasteiger partial charge in [-0.15, -0.1) is 6.58 Å². The molecule has 0 saturated carbocycles. The molecule has 0 aliphatic carbocycles. The van der Waals surface area contributed by atoms with E-state index in [0.717, 1.165) is 19.6 Å². The minimum absolute atomic E-state index is 0.264. The number of aliphatic hydroxyl groups is 1. The van der Waals surface area contributed by atoms with E-state index in [-0.39, 0.29) is 6.61 Å². The highest BCUT2D eigenvalue weighted by Gasteiger charge is 2.21. The molecular formula is C8H14O2. The summed E-state index contributed by atoms with van der Waals surface area (Å²) in [5, 5.41) is 8.89. The maximum atomic E-state index is 8.89. The van der Waals surface area contributed by atoms with E-state index in [0.29, 0.717) is 11.8 Å². The van der Waals surface area contributed by atoms with E-state index in [9.17, 15) is 0 Å². The molecule has 0 spiro atoms. The van der Waals surface area contributed by atoms with E-state index in [1.807, 2.05) is 6.08 Å². The summed E-state index contributed by atoms with van der Waals surface area (Å²) in [6.07, 6.45) is 2.84. The van der Waals surface area contributed by atoms with Gasteiger partial charge in [-0.3, -0.25) is 0 Å². The number of hydrogen-bond donors (Lipinski definition) is 1. The summed E-state index contributed by atoms with van der Waals surface area (Å²) >= 11 is 0. The van der Waals surface area contributed by atoms with Gasteiger partial charge in [0.05, 0.1) is 6.61 Å². The van der Waals surface area contributed by atoms with Crippen LogP contribution >= 0.6 is 0 Å². The number of aliphatic hydroxyl groups excluding tert-OH is 1. The molecule has 0 aromatic heterocycles. The molecule has 1 fully saturated rings. The minimum atomic E-state index is 0.264. The van der Waals surface area contributed by atoms with Gasteiger partial charge in [0, 0.05) is 19.1 Å². The molecule has 0 radical (unpaired) electrons. The van der Waals surface area contributed by atoms with Crippen molar-refractivity contribution >= 4 is 0 Å². The lowest BCUT2D eigenvalue weighted by Crippen LogP contribution is -2.28. The van der Waals surface area contributed by atoms with Crippen LogP contribution in [0.15, 0.2) is 12.7 Å². The first-order valence-corrected chi connectivity index (χ1v) is 3.69. The van der Waals surface area contributed by atoms with E-state index in [2.05, 4.69) is 6.58 Å². The molecule has 1 heterocycles. The smallest absolute Gasteiger partial charge is 0.0532 e. The molecule has 1 rings (SSSR count). The maximum Gasteiger partial charge on any atom is 0.0532 e. The summed E-state index contributed by atoms with van der Waals surface area (Å²) in [4.78, 5) is 0. The fourth-order valence-corrected chi connectivity index (χ4v) is 1.29. The monoisotopic (exact) mass is 142 g/mol. The van der Waals surface area contributed by atoms with Gasteiger partial charge in [0.15, 0.2) is 0 Å². The third-order valence-electron chi connectivity index (χ3n) is 2.09. The fraction of sp³-hybridized carbons (Fsp3) is 0.750. The topological polar surface area (TPSA) is 29.5 Å². The Balaban J connectivity index is 2.41. The Bertz CT molecular complexity index is 112. The summed E-state index contributed by atoms with van der Waals surface area (Å²) in [6.45, 7) is 5.47. The molecule has 1 aliphatic heterocycles. The van der Waals surface area contributed by atoms with Crippen LogP contribution in [0.5, 0.6) is 0 Å². The summed E-state index contributed by atoms with van der Waals surface area (Å²) < 4.78 is 5.22. The Hall–Kier alpha value is -0.340. The van der Waals surface area contributed by atoms with E-state index in [4.69, 9.17) is 9.84 Å². The largest absolute Gasteiger partial charge is 0.396 e. The Morgan fingerprint density at radius 3 is 3.00 bits per heavy atom. The molecule has 1 N–H and O–H groups in total. The maximum absolute atomic E-state index is 8.89. The van der Waals surface area contributed by atoms with Crippen molar-refractivity contribution in [2.75, 3.05) is 19.8 Å².